The number of benzene rings is 12. The van der Waals surface area contributed by atoms with Gasteiger partial charge in [0.15, 0.2) is 0 Å². The molecule has 0 spiro atoms. The molecule has 0 N–H and O–H groups in total. The zero-order chi connectivity index (χ0) is 51.5. The van der Waals surface area contributed by atoms with Gasteiger partial charge in [0.05, 0.1) is 10.8 Å². The third kappa shape index (κ3) is 9.48. The van der Waals surface area contributed by atoms with Crippen molar-refractivity contribution < 1.29 is 4.42 Å². The Labute approximate surface area is 448 Å². The maximum absolute atomic E-state index is 14.3. The molecule has 0 amide bonds. The van der Waals surface area contributed by atoms with Gasteiger partial charge in [0, 0.05) is 34.1 Å². The fourth-order valence-electron chi connectivity index (χ4n) is 10.4. The zero-order valence-corrected chi connectivity index (χ0v) is 42.1. The van der Waals surface area contributed by atoms with E-state index in [1.54, 1.807) is 0 Å². The molecule has 13 rings (SSSR count). The summed E-state index contributed by atoms with van der Waals surface area (Å²) < 4.78 is 6.55. The minimum atomic E-state index is -0.0575. The van der Waals surface area contributed by atoms with Crippen molar-refractivity contribution in [3.8, 4) is 66.8 Å². The van der Waals surface area contributed by atoms with Crippen LogP contribution < -0.4 is 15.2 Å². The zero-order valence-electron chi connectivity index (χ0n) is 42.1. The second kappa shape index (κ2) is 20.6. The Hall–Kier alpha value is -10.3. The Kier molecular flexibility index (Phi) is 12.4. The highest BCUT2D eigenvalue weighted by atomic mass is 16.3. The van der Waals surface area contributed by atoms with E-state index in [-0.39, 0.29) is 5.43 Å². The molecular weight excluding hydrogens is 937 g/mol. The van der Waals surface area contributed by atoms with Crippen LogP contribution in [-0.4, -0.2) is 0 Å². The molecule has 0 aliphatic rings. The van der Waals surface area contributed by atoms with Gasteiger partial charge in [-0.2, -0.15) is 0 Å². The number of hydrogen-bond acceptors (Lipinski definition) is 4. The molecule has 1 aromatic heterocycles. The summed E-state index contributed by atoms with van der Waals surface area (Å²) >= 11 is 0. The van der Waals surface area contributed by atoms with Crippen LogP contribution >= 0.6 is 0 Å². The molecule has 4 heteroatoms. The van der Waals surface area contributed by atoms with E-state index in [0.29, 0.717) is 21.9 Å². The second-order valence-corrected chi connectivity index (χ2v) is 19.3. The molecule has 0 saturated carbocycles. The molecule has 13 aromatic rings. The summed E-state index contributed by atoms with van der Waals surface area (Å²) in [5.41, 5.74) is 20.6. The van der Waals surface area contributed by atoms with Crippen LogP contribution in [0.2, 0.25) is 0 Å². The predicted molar refractivity (Wildman–Crippen MR) is 322 cm³/mol. The van der Waals surface area contributed by atoms with Crippen molar-refractivity contribution in [3.63, 3.8) is 0 Å². The summed E-state index contributed by atoms with van der Waals surface area (Å²) in [4.78, 5) is 18.9. The number of nitrogens with zero attached hydrogens (tertiary/aromatic N) is 2. The first kappa shape index (κ1) is 46.5. The third-order valence-corrected chi connectivity index (χ3v) is 14.5. The number of hydrogen-bond donors (Lipinski definition) is 0. The fourth-order valence-corrected chi connectivity index (χ4v) is 10.4. The standard InChI is InChI=1S/C73H50N2O2/c76-73-69-47-33-62(60-31-45-68(46-32-60)75(65-39-25-57(26-40-65)53-17-9-3-10-18-53)66-41-27-58(28-42-66)54-19-11-4-12-20-54)50-72(69)77-71-48-34-61(49-70(71)73)59-29-43-67(44-30-59)74(63-35-21-55(22-36-63)51-13-5-1-6-14-51)64-37-23-56(24-38-64)52-15-7-2-8-16-52/h1-50H. The molecule has 12 aromatic carbocycles. The molecule has 0 aliphatic heterocycles. The van der Waals surface area contributed by atoms with Crippen molar-refractivity contribution >= 4 is 56.1 Å². The van der Waals surface area contributed by atoms with E-state index in [0.717, 1.165) is 78.6 Å². The minimum absolute atomic E-state index is 0.0575. The van der Waals surface area contributed by atoms with Gasteiger partial charge >= 0.3 is 0 Å². The van der Waals surface area contributed by atoms with Gasteiger partial charge in [-0.25, -0.2) is 0 Å². The van der Waals surface area contributed by atoms with Crippen LogP contribution in [0, 0.1) is 0 Å². The first-order valence-electron chi connectivity index (χ1n) is 26.0. The van der Waals surface area contributed by atoms with Gasteiger partial charge in [-0.1, -0.05) is 206 Å². The third-order valence-electron chi connectivity index (χ3n) is 14.5. The average molecular weight is 987 g/mol. The van der Waals surface area contributed by atoms with E-state index >= 15 is 0 Å². The number of anilines is 6. The van der Waals surface area contributed by atoms with Gasteiger partial charge in [-0.3, -0.25) is 4.79 Å². The van der Waals surface area contributed by atoms with Crippen molar-refractivity contribution in [1.29, 1.82) is 0 Å². The molecular formula is C73H50N2O2. The first-order valence-corrected chi connectivity index (χ1v) is 26.0. The second-order valence-electron chi connectivity index (χ2n) is 19.3. The van der Waals surface area contributed by atoms with Crippen LogP contribution in [0.4, 0.5) is 34.1 Å². The maximum atomic E-state index is 14.3. The molecule has 1 heterocycles. The largest absolute Gasteiger partial charge is 0.456 e. The SMILES string of the molecule is O=c1c2ccc(-c3ccc(N(c4ccc(-c5ccccc5)cc4)c4ccc(-c5ccccc5)cc4)cc3)cc2oc2ccc(-c3ccc(N(c4ccc(-c5ccccc5)cc4)c4ccc(-c5ccccc5)cc4)cc3)cc12. The fraction of sp³-hybridized carbons (Fsp3) is 0. The molecule has 0 bridgehead atoms. The molecule has 4 nitrogen and oxygen atoms in total. The van der Waals surface area contributed by atoms with Crippen molar-refractivity contribution in [2.75, 3.05) is 9.80 Å². The summed E-state index contributed by atoms with van der Waals surface area (Å²) in [7, 11) is 0. The Morgan fingerprint density at radius 3 is 0.766 bits per heavy atom. The molecule has 77 heavy (non-hydrogen) atoms. The van der Waals surface area contributed by atoms with E-state index < -0.39 is 0 Å². The van der Waals surface area contributed by atoms with Gasteiger partial charge in [-0.05, 0) is 164 Å². The van der Waals surface area contributed by atoms with Crippen molar-refractivity contribution in [1.82, 2.24) is 0 Å². The topological polar surface area (TPSA) is 36.7 Å². The maximum Gasteiger partial charge on any atom is 0.200 e. The lowest BCUT2D eigenvalue weighted by Gasteiger charge is -2.26. The highest BCUT2D eigenvalue weighted by Gasteiger charge is 2.18. The highest BCUT2D eigenvalue weighted by molar-refractivity contribution is 5.94. The Morgan fingerprint density at radius 2 is 0.455 bits per heavy atom. The minimum Gasteiger partial charge on any atom is -0.456 e. The summed E-state index contributed by atoms with van der Waals surface area (Å²) in [6.07, 6.45) is 0. The van der Waals surface area contributed by atoms with Crippen molar-refractivity contribution in [2.45, 2.75) is 0 Å². The summed E-state index contributed by atoms with van der Waals surface area (Å²) in [5.74, 6) is 0. The number of fused-ring (bicyclic) bond motifs is 2. The lowest BCUT2D eigenvalue weighted by atomic mass is 10.00. The Bertz CT molecular complexity index is 4040. The van der Waals surface area contributed by atoms with Gasteiger partial charge < -0.3 is 14.2 Å². The molecule has 0 aliphatic carbocycles. The normalized spacial score (nSPS) is 11.2. The summed E-state index contributed by atoms with van der Waals surface area (Å²) in [6, 6.07) is 106. The summed E-state index contributed by atoms with van der Waals surface area (Å²) in [5, 5.41) is 1.09. The molecule has 0 saturated heterocycles. The van der Waals surface area contributed by atoms with Crippen molar-refractivity contribution in [3.05, 3.63) is 314 Å². The monoisotopic (exact) mass is 986 g/mol. The molecule has 0 atom stereocenters. The van der Waals surface area contributed by atoms with Gasteiger partial charge in [0.25, 0.3) is 0 Å². The highest BCUT2D eigenvalue weighted by Crippen LogP contribution is 2.40. The Balaban J connectivity index is 0.783. The lowest BCUT2D eigenvalue weighted by Crippen LogP contribution is -2.09. The van der Waals surface area contributed by atoms with Crippen LogP contribution in [-0.2, 0) is 0 Å². The van der Waals surface area contributed by atoms with Crippen LogP contribution in [0.3, 0.4) is 0 Å². The van der Waals surface area contributed by atoms with E-state index in [1.807, 2.05) is 60.7 Å². The quantitative estimate of drug-likeness (QED) is 0.114. The van der Waals surface area contributed by atoms with Crippen LogP contribution in [0.25, 0.3) is 88.7 Å². The van der Waals surface area contributed by atoms with Crippen molar-refractivity contribution in [2.24, 2.45) is 0 Å². The Morgan fingerprint density at radius 1 is 0.208 bits per heavy atom. The average Bonchev–Trinajstić information content (AvgIpc) is 3.54. The van der Waals surface area contributed by atoms with E-state index in [2.05, 4.69) is 252 Å². The molecule has 0 fully saturated rings. The summed E-state index contributed by atoms with van der Waals surface area (Å²) in [6.45, 7) is 0. The molecule has 0 radical (unpaired) electrons. The smallest absolute Gasteiger partial charge is 0.200 e. The van der Waals surface area contributed by atoms with Gasteiger partial charge in [0.1, 0.15) is 11.2 Å². The van der Waals surface area contributed by atoms with Gasteiger partial charge in [-0.15, -0.1) is 0 Å². The van der Waals surface area contributed by atoms with Crippen LogP contribution in [0.1, 0.15) is 0 Å². The van der Waals surface area contributed by atoms with E-state index in [9.17, 15) is 4.79 Å². The van der Waals surface area contributed by atoms with Crippen LogP contribution in [0.5, 0.6) is 0 Å². The first-order chi connectivity index (χ1) is 38.1. The van der Waals surface area contributed by atoms with Gasteiger partial charge in [0.2, 0.25) is 5.43 Å². The molecule has 0 unspecified atom stereocenters. The van der Waals surface area contributed by atoms with E-state index in [1.165, 1.54) is 22.3 Å². The lowest BCUT2D eigenvalue weighted by molar-refractivity contribution is 0.660. The number of rotatable bonds is 12. The molecule has 364 valence electrons. The van der Waals surface area contributed by atoms with E-state index in [4.69, 9.17) is 4.42 Å². The predicted octanol–water partition coefficient (Wildman–Crippen LogP) is 19.9. The van der Waals surface area contributed by atoms with Crippen LogP contribution in [0.15, 0.2) is 313 Å².